The zero-order chi connectivity index (χ0) is 13.8. The maximum Gasteiger partial charge on any atom is 0.251 e. The summed E-state index contributed by atoms with van der Waals surface area (Å²) in [5.74, 6) is 0.0731. The van der Waals surface area contributed by atoms with Gasteiger partial charge in [0.15, 0.2) is 0 Å². The fourth-order valence-electron chi connectivity index (χ4n) is 2.21. The van der Waals surface area contributed by atoms with Gasteiger partial charge in [0.1, 0.15) is 0 Å². The molecule has 1 atom stereocenters. The van der Waals surface area contributed by atoms with Crippen LogP contribution in [0.2, 0.25) is 0 Å². The van der Waals surface area contributed by atoms with Crippen LogP contribution in [0.25, 0.3) is 0 Å². The normalized spacial score (nSPS) is 16.5. The summed E-state index contributed by atoms with van der Waals surface area (Å²) >= 11 is 3.34. The van der Waals surface area contributed by atoms with Gasteiger partial charge in [0.25, 0.3) is 5.91 Å². The Kier molecular flexibility index (Phi) is 4.58. The molecule has 1 heterocycles. The lowest BCUT2D eigenvalue weighted by Crippen LogP contribution is -2.42. The van der Waals surface area contributed by atoms with Gasteiger partial charge in [-0.2, -0.15) is 0 Å². The third kappa shape index (κ3) is 3.80. The second-order valence-corrected chi connectivity index (χ2v) is 5.74. The van der Waals surface area contributed by atoms with Crippen molar-refractivity contribution in [2.24, 2.45) is 0 Å². The Bertz CT molecular complexity index is 490. The predicted octanol–water partition coefficient (Wildman–Crippen LogP) is 2.19. The molecular formula is C14H17BrN2O2. The number of nitrogens with zero attached hydrogens (tertiary/aromatic N) is 1. The average molecular weight is 325 g/mol. The number of benzene rings is 1. The molecule has 0 bridgehead atoms. The molecule has 1 aliphatic rings. The lowest BCUT2D eigenvalue weighted by atomic mass is 10.2. The molecule has 1 fully saturated rings. The van der Waals surface area contributed by atoms with Crippen LogP contribution < -0.4 is 5.32 Å². The summed E-state index contributed by atoms with van der Waals surface area (Å²) < 4.78 is 0.877. The van der Waals surface area contributed by atoms with Gasteiger partial charge >= 0.3 is 0 Å². The van der Waals surface area contributed by atoms with Crippen LogP contribution in [-0.4, -0.2) is 35.8 Å². The van der Waals surface area contributed by atoms with Crippen molar-refractivity contribution >= 4 is 27.7 Å². The monoisotopic (exact) mass is 324 g/mol. The van der Waals surface area contributed by atoms with Gasteiger partial charge in [0.05, 0.1) is 0 Å². The van der Waals surface area contributed by atoms with Crippen molar-refractivity contribution in [1.82, 2.24) is 10.2 Å². The molecule has 102 valence electrons. The summed E-state index contributed by atoms with van der Waals surface area (Å²) in [5.41, 5.74) is 0.619. The Hall–Kier alpha value is -1.36. The van der Waals surface area contributed by atoms with E-state index in [-0.39, 0.29) is 17.9 Å². The van der Waals surface area contributed by atoms with Gasteiger partial charge in [-0.15, -0.1) is 0 Å². The number of hydrogen-bond acceptors (Lipinski definition) is 2. The molecule has 1 aromatic carbocycles. The van der Waals surface area contributed by atoms with E-state index in [1.807, 2.05) is 24.0 Å². The number of nitrogens with one attached hydrogen (secondary N) is 1. The summed E-state index contributed by atoms with van der Waals surface area (Å²) in [6.45, 7) is 3.30. The Morgan fingerprint density at radius 3 is 2.95 bits per heavy atom. The van der Waals surface area contributed by atoms with Gasteiger partial charge in [0.2, 0.25) is 5.91 Å². The van der Waals surface area contributed by atoms with Crippen molar-refractivity contribution in [3.05, 3.63) is 34.3 Å². The lowest BCUT2D eigenvalue weighted by Gasteiger charge is -2.21. The molecular weight excluding hydrogens is 308 g/mol. The highest BCUT2D eigenvalue weighted by Crippen LogP contribution is 2.12. The number of carbonyl (C=O) groups is 2. The maximum absolute atomic E-state index is 12.0. The highest BCUT2D eigenvalue weighted by Gasteiger charge is 2.22. The molecule has 0 aliphatic carbocycles. The molecule has 5 heteroatoms. The first kappa shape index (κ1) is 14.1. The SMILES string of the molecule is CC(CN1CCCC1=O)NC(=O)c1cccc(Br)c1. The number of halogens is 1. The molecule has 0 aromatic heterocycles. The van der Waals surface area contributed by atoms with Crippen LogP contribution in [0.1, 0.15) is 30.1 Å². The molecule has 1 N–H and O–H groups in total. The number of hydrogen-bond donors (Lipinski definition) is 1. The van der Waals surface area contributed by atoms with Crippen molar-refractivity contribution in [3.63, 3.8) is 0 Å². The summed E-state index contributed by atoms with van der Waals surface area (Å²) in [6, 6.07) is 7.21. The van der Waals surface area contributed by atoms with E-state index >= 15 is 0 Å². The highest BCUT2D eigenvalue weighted by atomic mass is 79.9. The first-order chi connectivity index (χ1) is 9.06. The minimum Gasteiger partial charge on any atom is -0.348 e. The number of amides is 2. The minimum absolute atomic E-state index is 0.0477. The summed E-state index contributed by atoms with van der Waals surface area (Å²) in [4.78, 5) is 25.4. The van der Waals surface area contributed by atoms with E-state index in [2.05, 4.69) is 21.2 Å². The first-order valence-corrected chi connectivity index (χ1v) is 7.20. The van der Waals surface area contributed by atoms with Crippen molar-refractivity contribution in [1.29, 1.82) is 0 Å². The fraction of sp³-hybridized carbons (Fsp3) is 0.429. The number of carbonyl (C=O) groups excluding carboxylic acids is 2. The van der Waals surface area contributed by atoms with Crippen LogP contribution in [-0.2, 0) is 4.79 Å². The molecule has 0 spiro atoms. The molecule has 1 saturated heterocycles. The molecule has 1 aliphatic heterocycles. The van der Waals surface area contributed by atoms with E-state index in [4.69, 9.17) is 0 Å². The Labute approximate surface area is 121 Å². The first-order valence-electron chi connectivity index (χ1n) is 6.40. The second-order valence-electron chi connectivity index (χ2n) is 4.83. The van der Waals surface area contributed by atoms with Gasteiger partial charge in [-0.3, -0.25) is 9.59 Å². The van der Waals surface area contributed by atoms with Crippen molar-refractivity contribution in [3.8, 4) is 0 Å². The zero-order valence-corrected chi connectivity index (χ0v) is 12.4. The Morgan fingerprint density at radius 2 is 2.32 bits per heavy atom. The van der Waals surface area contributed by atoms with E-state index in [9.17, 15) is 9.59 Å². The number of likely N-dealkylation sites (tertiary alicyclic amines) is 1. The van der Waals surface area contributed by atoms with E-state index in [1.54, 1.807) is 12.1 Å². The molecule has 1 aromatic rings. The topological polar surface area (TPSA) is 49.4 Å². The fourth-order valence-corrected chi connectivity index (χ4v) is 2.61. The van der Waals surface area contributed by atoms with Gasteiger partial charge in [-0.25, -0.2) is 0 Å². The Morgan fingerprint density at radius 1 is 1.53 bits per heavy atom. The second kappa shape index (κ2) is 6.19. The molecule has 2 rings (SSSR count). The molecule has 2 amide bonds. The highest BCUT2D eigenvalue weighted by molar-refractivity contribution is 9.10. The summed E-state index contributed by atoms with van der Waals surface area (Å²) in [7, 11) is 0. The molecule has 4 nitrogen and oxygen atoms in total. The quantitative estimate of drug-likeness (QED) is 0.923. The van der Waals surface area contributed by atoms with Crippen molar-refractivity contribution in [2.75, 3.05) is 13.1 Å². The zero-order valence-electron chi connectivity index (χ0n) is 10.9. The maximum atomic E-state index is 12.0. The van der Waals surface area contributed by atoms with Crippen LogP contribution in [0.15, 0.2) is 28.7 Å². The van der Waals surface area contributed by atoms with E-state index < -0.39 is 0 Å². The van der Waals surface area contributed by atoms with Gasteiger partial charge in [-0.1, -0.05) is 22.0 Å². The third-order valence-corrected chi connectivity index (χ3v) is 3.62. The Balaban J connectivity index is 1.89. The van der Waals surface area contributed by atoms with Crippen molar-refractivity contribution in [2.45, 2.75) is 25.8 Å². The van der Waals surface area contributed by atoms with Crippen LogP contribution in [0.5, 0.6) is 0 Å². The van der Waals surface area contributed by atoms with Gasteiger partial charge < -0.3 is 10.2 Å². The average Bonchev–Trinajstić information content (AvgIpc) is 2.75. The smallest absolute Gasteiger partial charge is 0.251 e. The lowest BCUT2D eigenvalue weighted by molar-refractivity contribution is -0.127. The van der Waals surface area contributed by atoms with Gasteiger partial charge in [0, 0.05) is 35.6 Å². The minimum atomic E-state index is -0.111. The molecule has 19 heavy (non-hydrogen) atoms. The molecule has 1 unspecified atom stereocenters. The van der Waals surface area contributed by atoms with Crippen LogP contribution in [0.4, 0.5) is 0 Å². The molecule has 0 radical (unpaired) electrons. The van der Waals surface area contributed by atoms with Crippen LogP contribution in [0, 0.1) is 0 Å². The van der Waals surface area contributed by atoms with E-state index in [0.717, 1.165) is 17.4 Å². The number of rotatable bonds is 4. The van der Waals surface area contributed by atoms with E-state index in [0.29, 0.717) is 18.5 Å². The molecule has 0 saturated carbocycles. The third-order valence-electron chi connectivity index (χ3n) is 3.13. The van der Waals surface area contributed by atoms with Crippen LogP contribution in [0.3, 0.4) is 0 Å². The predicted molar refractivity (Wildman–Crippen MR) is 76.9 cm³/mol. The summed E-state index contributed by atoms with van der Waals surface area (Å²) in [6.07, 6.45) is 1.55. The van der Waals surface area contributed by atoms with Crippen molar-refractivity contribution < 1.29 is 9.59 Å². The van der Waals surface area contributed by atoms with Crippen LogP contribution >= 0.6 is 15.9 Å². The largest absolute Gasteiger partial charge is 0.348 e. The standard InChI is InChI=1S/C14H17BrN2O2/c1-10(9-17-7-3-6-13(17)18)16-14(19)11-4-2-5-12(15)8-11/h2,4-5,8,10H,3,6-7,9H2,1H3,(H,16,19). The van der Waals surface area contributed by atoms with Gasteiger partial charge in [-0.05, 0) is 31.5 Å². The summed E-state index contributed by atoms with van der Waals surface area (Å²) in [5, 5.41) is 2.92. The van der Waals surface area contributed by atoms with E-state index in [1.165, 1.54) is 0 Å².